The molecule has 0 N–H and O–H groups in total. The van der Waals surface area contributed by atoms with Gasteiger partial charge in [0.2, 0.25) is 5.84 Å². The van der Waals surface area contributed by atoms with Gasteiger partial charge in [-0.2, -0.15) is 5.26 Å². The molecule has 92 valence electrons. The summed E-state index contributed by atoms with van der Waals surface area (Å²) in [5, 5.41) is 8.72. The highest BCUT2D eigenvalue weighted by Gasteiger charge is 2.11. The van der Waals surface area contributed by atoms with Crippen molar-refractivity contribution < 1.29 is 4.74 Å². The lowest BCUT2D eigenvalue weighted by Gasteiger charge is -2.13. The Morgan fingerprint density at radius 3 is 2.76 bits per heavy atom. The van der Waals surface area contributed by atoms with Crippen molar-refractivity contribution in [1.82, 2.24) is 0 Å². The molecule has 2 atom stereocenters. The Bertz CT molecular complexity index is 352. The minimum atomic E-state index is 0.0855. The van der Waals surface area contributed by atoms with Crippen molar-refractivity contribution in [3.05, 3.63) is 12.8 Å². The largest absolute Gasteiger partial charge is 0.487 e. The average Bonchev–Trinajstić information content (AvgIpc) is 2.35. The molecule has 0 rings (SSSR count). The second kappa shape index (κ2) is 9.28. The van der Waals surface area contributed by atoms with Crippen LogP contribution in [0, 0.1) is 17.2 Å². The van der Waals surface area contributed by atoms with E-state index in [1.54, 1.807) is 13.3 Å². The highest BCUT2D eigenvalue weighted by molar-refractivity contribution is 6.01. The third-order valence-corrected chi connectivity index (χ3v) is 2.13. The fourth-order valence-corrected chi connectivity index (χ4v) is 1.22. The van der Waals surface area contributed by atoms with Gasteiger partial charge in [-0.3, -0.25) is 4.99 Å². The van der Waals surface area contributed by atoms with Crippen LogP contribution in [0.15, 0.2) is 27.8 Å². The third-order valence-electron chi connectivity index (χ3n) is 2.13. The van der Waals surface area contributed by atoms with Crippen molar-refractivity contribution in [2.24, 2.45) is 20.9 Å². The van der Waals surface area contributed by atoms with Crippen LogP contribution >= 0.6 is 0 Å². The number of aliphatic imine (C=N–C) groups is 3. The fraction of sp³-hybridized carbons (Fsp3) is 0.500. The van der Waals surface area contributed by atoms with Crippen LogP contribution in [-0.4, -0.2) is 31.6 Å². The lowest BCUT2D eigenvalue weighted by molar-refractivity contribution is 0.412. The summed E-state index contributed by atoms with van der Waals surface area (Å²) in [7, 11) is 1.56. The molecule has 0 saturated heterocycles. The van der Waals surface area contributed by atoms with E-state index in [2.05, 4.69) is 21.6 Å². The van der Waals surface area contributed by atoms with Crippen molar-refractivity contribution in [2.75, 3.05) is 7.11 Å². The zero-order chi connectivity index (χ0) is 13.1. The number of nitriles is 1. The number of rotatable bonds is 6. The van der Waals surface area contributed by atoms with Crippen LogP contribution in [0.4, 0.5) is 0 Å². The zero-order valence-corrected chi connectivity index (χ0v) is 10.5. The molecule has 0 fully saturated rings. The minimum absolute atomic E-state index is 0.0855. The van der Waals surface area contributed by atoms with Gasteiger partial charge in [0.25, 0.3) is 0 Å². The first-order chi connectivity index (χ1) is 8.19. The molecule has 0 bridgehead atoms. The molecule has 2 unspecified atom stereocenters. The van der Waals surface area contributed by atoms with Crippen molar-refractivity contribution in [1.29, 1.82) is 5.26 Å². The lowest BCUT2D eigenvalue weighted by atomic mass is 10.0. The number of hydrogen-bond donors (Lipinski definition) is 0. The van der Waals surface area contributed by atoms with Crippen LogP contribution in [-0.2, 0) is 4.74 Å². The van der Waals surface area contributed by atoms with Crippen LogP contribution in [0.5, 0.6) is 0 Å². The van der Waals surface area contributed by atoms with E-state index in [1.165, 1.54) is 12.6 Å². The van der Waals surface area contributed by atoms with Gasteiger partial charge in [0.15, 0.2) is 6.40 Å². The summed E-state index contributed by atoms with van der Waals surface area (Å²) >= 11 is 0. The second-order valence-electron chi connectivity index (χ2n) is 3.35. The molecular weight excluding hydrogens is 216 g/mol. The predicted octanol–water partition coefficient (Wildman–Crippen LogP) is 2.21. The number of methoxy groups -OCH3 is 1. The molecule has 0 aliphatic carbocycles. The highest BCUT2D eigenvalue weighted by atomic mass is 16.5. The van der Waals surface area contributed by atoms with Crippen LogP contribution < -0.4 is 0 Å². The van der Waals surface area contributed by atoms with Crippen molar-refractivity contribution in [3.8, 4) is 6.07 Å². The predicted molar refractivity (Wildman–Crippen MR) is 70.5 cm³/mol. The Balaban J connectivity index is 4.60. The third kappa shape index (κ3) is 6.25. The van der Waals surface area contributed by atoms with Gasteiger partial charge in [-0.15, -0.1) is 0 Å². The smallest absolute Gasteiger partial charge is 0.231 e. The minimum Gasteiger partial charge on any atom is -0.487 e. The second-order valence-corrected chi connectivity index (χ2v) is 3.35. The van der Waals surface area contributed by atoms with E-state index in [1.807, 2.05) is 19.9 Å². The van der Waals surface area contributed by atoms with Crippen LogP contribution in [0.2, 0.25) is 0 Å². The lowest BCUT2D eigenvalue weighted by Crippen LogP contribution is -2.17. The maximum absolute atomic E-state index is 8.72. The SMILES string of the molecule is C=CN=C(C#N)N=CC(C)C(CC)N=COC. The van der Waals surface area contributed by atoms with Crippen LogP contribution in [0.1, 0.15) is 20.3 Å². The molecule has 0 amide bonds. The van der Waals surface area contributed by atoms with Gasteiger partial charge in [-0.05, 0) is 6.42 Å². The Morgan fingerprint density at radius 2 is 2.29 bits per heavy atom. The van der Waals surface area contributed by atoms with E-state index < -0.39 is 0 Å². The van der Waals surface area contributed by atoms with E-state index in [0.29, 0.717) is 0 Å². The van der Waals surface area contributed by atoms with Gasteiger partial charge in [-0.1, -0.05) is 20.4 Å². The summed E-state index contributed by atoms with van der Waals surface area (Å²) in [6.07, 6.45) is 5.25. The number of amidine groups is 1. The maximum Gasteiger partial charge on any atom is 0.231 e. The fourth-order valence-electron chi connectivity index (χ4n) is 1.22. The van der Waals surface area contributed by atoms with Gasteiger partial charge in [0, 0.05) is 18.3 Å². The summed E-state index contributed by atoms with van der Waals surface area (Å²) in [5.74, 6) is 0.201. The van der Waals surface area contributed by atoms with E-state index in [-0.39, 0.29) is 17.8 Å². The van der Waals surface area contributed by atoms with Crippen molar-refractivity contribution >= 4 is 18.5 Å². The van der Waals surface area contributed by atoms with E-state index in [0.717, 1.165) is 6.42 Å². The molecule has 0 heterocycles. The van der Waals surface area contributed by atoms with Crippen LogP contribution in [0.3, 0.4) is 0 Å². The van der Waals surface area contributed by atoms with Crippen molar-refractivity contribution in [3.63, 3.8) is 0 Å². The monoisotopic (exact) mass is 234 g/mol. The van der Waals surface area contributed by atoms with E-state index >= 15 is 0 Å². The number of nitrogens with zero attached hydrogens (tertiary/aromatic N) is 4. The molecular formula is C12H18N4O. The molecule has 5 nitrogen and oxygen atoms in total. The topological polar surface area (TPSA) is 70.1 Å². The van der Waals surface area contributed by atoms with Crippen molar-refractivity contribution in [2.45, 2.75) is 26.3 Å². The van der Waals surface area contributed by atoms with Crippen LogP contribution in [0.25, 0.3) is 0 Å². The quantitative estimate of drug-likeness (QED) is 0.522. The van der Waals surface area contributed by atoms with Gasteiger partial charge in [0.05, 0.1) is 13.2 Å². The summed E-state index contributed by atoms with van der Waals surface area (Å²) in [4.78, 5) is 11.9. The molecule has 0 saturated carbocycles. The first-order valence-corrected chi connectivity index (χ1v) is 5.37. The molecule has 5 heteroatoms. The molecule has 0 aromatic rings. The number of hydrogen-bond acceptors (Lipinski definition) is 4. The van der Waals surface area contributed by atoms with Gasteiger partial charge in [0.1, 0.15) is 6.07 Å². The summed E-state index contributed by atoms with van der Waals surface area (Å²) in [5.41, 5.74) is 0. The van der Waals surface area contributed by atoms with E-state index in [4.69, 9.17) is 10.00 Å². The first kappa shape index (κ1) is 15.0. The molecule has 17 heavy (non-hydrogen) atoms. The maximum atomic E-state index is 8.72. The van der Waals surface area contributed by atoms with Gasteiger partial charge < -0.3 is 4.74 Å². The summed E-state index contributed by atoms with van der Waals surface area (Å²) in [6, 6.07) is 1.96. The highest BCUT2D eigenvalue weighted by Crippen LogP contribution is 2.08. The molecule has 0 aliphatic heterocycles. The average molecular weight is 234 g/mol. The first-order valence-electron chi connectivity index (χ1n) is 5.37. The zero-order valence-electron chi connectivity index (χ0n) is 10.5. The molecule has 0 aliphatic rings. The molecule has 0 radical (unpaired) electrons. The molecule has 0 aromatic carbocycles. The Hall–Kier alpha value is -1.96. The number of ether oxygens (including phenoxy) is 1. The Morgan fingerprint density at radius 1 is 1.59 bits per heavy atom. The van der Waals surface area contributed by atoms with E-state index in [9.17, 15) is 0 Å². The molecule has 0 aromatic heterocycles. The summed E-state index contributed by atoms with van der Waals surface area (Å²) < 4.78 is 4.78. The molecule has 0 spiro atoms. The Labute approximate surface area is 102 Å². The summed E-state index contributed by atoms with van der Waals surface area (Å²) in [6.45, 7) is 7.43. The normalized spacial score (nSPS) is 15.8. The van der Waals surface area contributed by atoms with Gasteiger partial charge >= 0.3 is 0 Å². The standard InChI is InChI=1S/C12H18N4O/c1-5-11(16-9-17-4)10(3)8-15-12(7-13)14-6-2/h6,8-11H,2,5H2,1,3-4H3. The Kier molecular flexibility index (Phi) is 8.21. The van der Waals surface area contributed by atoms with Gasteiger partial charge in [-0.25, -0.2) is 9.98 Å².